The van der Waals surface area contributed by atoms with Gasteiger partial charge in [0.1, 0.15) is 17.3 Å². The van der Waals surface area contributed by atoms with Gasteiger partial charge in [0.2, 0.25) is 0 Å². The van der Waals surface area contributed by atoms with Gasteiger partial charge in [0.05, 0.1) is 4.90 Å². The van der Waals surface area contributed by atoms with Gasteiger partial charge in [-0.25, -0.2) is 4.39 Å². The Morgan fingerprint density at radius 3 is 2.44 bits per heavy atom. The molecule has 2 aromatic rings. The van der Waals surface area contributed by atoms with Crippen LogP contribution in [0.5, 0.6) is 11.5 Å². The summed E-state index contributed by atoms with van der Waals surface area (Å²) in [5, 5.41) is 0. The molecule has 0 aromatic heterocycles. The number of thioether (sulfide) groups is 1. The molecule has 0 amide bonds. The summed E-state index contributed by atoms with van der Waals surface area (Å²) in [7, 11) is 0. The predicted octanol–water partition coefficient (Wildman–Crippen LogP) is 4.34. The summed E-state index contributed by atoms with van der Waals surface area (Å²) in [4.78, 5) is 0.534. The van der Waals surface area contributed by atoms with E-state index in [9.17, 15) is 4.39 Å². The molecule has 0 fully saturated rings. The first kappa shape index (κ1) is 11.0. The van der Waals surface area contributed by atoms with Crippen LogP contribution in [-0.2, 0) is 0 Å². The van der Waals surface area contributed by atoms with Crippen molar-refractivity contribution in [3.05, 3.63) is 54.3 Å². The third-order valence-electron chi connectivity index (χ3n) is 2.11. The van der Waals surface area contributed by atoms with Gasteiger partial charge in [-0.2, -0.15) is 0 Å². The molecule has 0 bridgehead atoms. The number of halogens is 1. The summed E-state index contributed by atoms with van der Waals surface area (Å²) in [5.41, 5.74) is 0. The fourth-order valence-electron chi connectivity index (χ4n) is 1.38. The molecule has 0 N–H and O–H groups in total. The molecule has 82 valence electrons. The second-order valence-electron chi connectivity index (χ2n) is 3.19. The van der Waals surface area contributed by atoms with Crippen LogP contribution in [0.2, 0.25) is 0 Å². The number of rotatable bonds is 3. The highest BCUT2D eigenvalue weighted by Crippen LogP contribution is 2.33. The van der Waals surface area contributed by atoms with Crippen molar-refractivity contribution in [2.24, 2.45) is 0 Å². The number of hydrogen-bond acceptors (Lipinski definition) is 2. The van der Waals surface area contributed by atoms with E-state index >= 15 is 0 Å². The lowest BCUT2D eigenvalue weighted by Gasteiger charge is -2.09. The normalized spacial score (nSPS) is 10.1. The first-order valence-corrected chi connectivity index (χ1v) is 6.09. The monoisotopic (exact) mass is 234 g/mol. The molecule has 0 heterocycles. The topological polar surface area (TPSA) is 9.23 Å². The quantitative estimate of drug-likeness (QED) is 0.730. The fraction of sp³-hybridized carbons (Fsp3) is 0.0769. The van der Waals surface area contributed by atoms with Crippen molar-refractivity contribution in [3.8, 4) is 11.5 Å². The van der Waals surface area contributed by atoms with Crippen LogP contribution in [0, 0.1) is 5.82 Å². The van der Waals surface area contributed by atoms with E-state index in [1.165, 1.54) is 17.8 Å². The van der Waals surface area contributed by atoms with Crippen LogP contribution in [0.1, 0.15) is 0 Å². The van der Waals surface area contributed by atoms with Gasteiger partial charge in [0, 0.05) is 0 Å². The summed E-state index contributed by atoms with van der Waals surface area (Å²) in [5.74, 6) is 1.02. The summed E-state index contributed by atoms with van der Waals surface area (Å²) in [6.07, 6.45) is 1.83. The maximum atomic E-state index is 13.5. The van der Waals surface area contributed by atoms with E-state index in [2.05, 4.69) is 0 Å². The molecule has 0 aliphatic rings. The predicted molar refractivity (Wildman–Crippen MR) is 64.7 cm³/mol. The molecular formula is C13H11FOS. The van der Waals surface area contributed by atoms with Crippen molar-refractivity contribution in [1.29, 1.82) is 0 Å². The van der Waals surface area contributed by atoms with Crippen LogP contribution in [0.3, 0.4) is 0 Å². The summed E-state index contributed by atoms with van der Waals surface area (Å²) < 4.78 is 19.1. The summed E-state index contributed by atoms with van der Waals surface area (Å²) >= 11 is 1.34. The third kappa shape index (κ3) is 2.36. The molecule has 0 spiro atoms. The molecule has 0 aliphatic heterocycles. The van der Waals surface area contributed by atoms with Gasteiger partial charge in [-0.1, -0.05) is 24.3 Å². The van der Waals surface area contributed by atoms with E-state index in [1.807, 2.05) is 36.6 Å². The van der Waals surface area contributed by atoms with Gasteiger partial charge in [-0.05, 0) is 30.5 Å². The van der Waals surface area contributed by atoms with E-state index in [0.717, 1.165) is 0 Å². The van der Waals surface area contributed by atoms with E-state index in [-0.39, 0.29) is 5.82 Å². The number of hydrogen-bond donors (Lipinski definition) is 0. The van der Waals surface area contributed by atoms with Crippen LogP contribution < -0.4 is 4.74 Å². The van der Waals surface area contributed by atoms with Crippen LogP contribution in [0.15, 0.2) is 53.4 Å². The van der Waals surface area contributed by atoms with Crippen LogP contribution in [-0.4, -0.2) is 6.26 Å². The molecule has 0 saturated carbocycles. The van der Waals surface area contributed by atoms with Crippen molar-refractivity contribution >= 4 is 11.8 Å². The van der Waals surface area contributed by atoms with Crippen molar-refractivity contribution in [1.82, 2.24) is 0 Å². The standard InChI is InChI=1S/C13H11FOS/c1-16-13-11(14)8-5-9-12(13)15-10-6-3-2-4-7-10/h2-9H,1H3. The van der Waals surface area contributed by atoms with Crippen molar-refractivity contribution in [3.63, 3.8) is 0 Å². The van der Waals surface area contributed by atoms with Gasteiger partial charge in [-0.15, -0.1) is 11.8 Å². The Morgan fingerprint density at radius 2 is 1.75 bits per heavy atom. The molecule has 2 aromatic carbocycles. The lowest BCUT2D eigenvalue weighted by atomic mass is 10.3. The second kappa shape index (κ2) is 5.03. The van der Waals surface area contributed by atoms with Gasteiger partial charge in [-0.3, -0.25) is 0 Å². The van der Waals surface area contributed by atoms with Gasteiger partial charge < -0.3 is 4.74 Å². The lowest BCUT2D eigenvalue weighted by molar-refractivity contribution is 0.459. The SMILES string of the molecule is CSc1c(F)cccc1Oc1ccccc1. The van der Waals surface area contributed by atoms with Gasteiger partial charge in [0.25, 0.3) is 0 Å². The van der Waals surface area contributed by atoms with Crippen LogP contribution in [0.25, 0.3) is 0 Å². The maximum absolute atomic E-state index is 13.5. The minimum atomic E-state index is -0.249. The average Bonchev–Trinajstić information content (AvgIpc) is 2.31. The van der Waals surface area contributed by atoms with Crippen LogP contribution in [0.4, 0.5) is 4.39 Å². The van der Waals surface area contributed by atoms with Crippen molar-refractivity contribution < 1.29 is 9.13 Å². The molecule has 3 heteroatoms. The largest absolute Gasteiger partial charge is 0.456 e. The van der Waals surface area contributed by atoms with Crippen molar-refractivity contribution in [2.45, 2.75) is 4.90 Å². The van der Waals surface area contributed by atoms with Crippen molar-refractivity contribution in [2.75, 3.05) is 6.26 Å². The highest BCUT2D eigenvalue weighted by molar-refractivity contribution is 7.98. The Bertz CT molecular complexity index is 471. The third-order valence-corrected chi connectivity index (χ3v) is 2.91. The fourth-order valence-corrected chi connectivity index (χ4v) is 1.96. The second-order valence-corrected chi connectivity index (χ2v) is 4.00. The summed E-state index contributed by atoms with van der Waals surface area (Å²) in [6.45, 7) is 0. The van der Waals surface area contributed by atoms with Gasteiger partial charge >= 0.3 is 0 Å². The van der Waals surface area contributed by atoms with Gasteiger partial charge in [0.15, 0.2) is 0 Å². The molecule has 0 atom stereocenters. The molecule has 0 aliphatic carbocycles. The first-order chi connectivity index (χ1) is 7.81. The summed E-state index contributed by atoms with van der Waals surface area (Å²) in [6, 6.07) is 14.2. The average molecular weight is 234 g/mol. The molecule has 0 radical (unpaired) electrons. The van der Waals surface area contributed by atoms with E-state index < -0.39 is 0 Å². The number of para-hydroxylation sites is 1. The Kier molecular flexibility index (Phi) is 3.47. The molecular weight excluding hydrogens is 223 g/mol. The Hall–Kier alpha value is -1.48. The van der Waals surface area contributed by atoms with Crippen LogP contribution >= 0.6 is 11.8 Å². The minimum absolute atomic E-state index is 0.249. The number of benzene rings is 2. The highest BCUT2D eigenvalue weighted by Gasteiger charge is 2.08. The molecule has 1 nitrogen and oxygen atoms in total. The zero-order valence-corrected chi connectivity index (χ0v) is 9.63. The first-order valence-electron chi connectivity index (χ1n) is 4.86. The Labute approximate surface area is 98.3 Å². The van der Waals surface area contributed by atoms with E-state index in [0.29, 0.717) is 16.4 Å². The molecule has 16 heavy (non-hydrogen) atoms. The molecule has 0 saturated heterocycles. The molecule has 2 rings (SSSR count). The zero-order valence-electron chi connectivity index (χ0n) is 8.81. The van der Waals surface area contributed by atoms with E-state index in [4.69, 9.17) is 4.74 Å². The smallest absolute Gasteiger partial charge is 0.143 e. The van der Waals surface area contributed by atoms with E-state index in [1.54, 1.807) is 12.1 Å². The lowest BCUT2D eigenvalue weighted by Crippen LogP contribution is -1.89. The zero-order chi connectivity index (χ0) is 11.4. The Morgan fingerprint density at radius 1 is 1.00 bits per heavy atom. The molecule has 0 unspecified atom stereocenters. The maximum Gasteiger partial charge on any atom is 0.143 e. The number of ether oxygens (including phenoxy) is 1. The minimum Gasteiger partial charge on any atom is -0.456 e. The highest BCUT2D eigenvalue weighted by atomic mass is 32.2. The Balaban J connectivity index is 2.31.